The maximum absolute atomic E-state index is 13.1. The van der Waals surface area contributed by atoms with Crippen LogP contribution in [0.2, 0.25) is 0 Å². The first kappa shape index (κ1) is 16.5. The lowest BCUT2D eigenvalue weighted by Crippen LogP contribution is -2.63. The molecule has 138 valence electrons. The Morgan fingerprint density at radius 2 is 1.81 bits per heavy atom. The van der Waals surface area contributed by atoms with Crippen molar-refractivity contribution in [2.75, 3.05) is 55.7 Å². The molecule has 1 aromatic carbocycles. The molecule has 7 heteroatoms. The summed E-state index contributed by atoms with van der Waals surface area (Å²) in [5, 5.41) is 1.17. The maximum Gasteiger partial charge on any atom is 0.185 e. The summed E-state index contributed by atoms with van der Waals surface area (Å²) in [5.74, 6) is -0.169. The number of halogens is 1. The van der Waals surface area contributed by atoms with Gasteiger partial charge in [-0.1, -0.05) is 11.3 Å². The lowest BCUT2D eigenvalue weighted by atomic mass is 10.1. The molecule has 3 aliphatic heterocycles. The van der Waals surface area contributed by atoms with Gasteiger partial charge in [-0.2, -0.15) is 0 Å². The molecule has 2 saturated heterocycles. The molecule has 3 aliphatic rings. The van der Waals surface area contributed by atoms with Crippen LogP contribution in [0.5, 0.6) is 0 Å². The molecule has 2 fully saturated rings. The zero-order valence-corrected chi connectivity index (χ0v) is 15.6. The van der Waals surface area contributed by atoms with Crippen molar-refractivity contribution in [3.63, 3.8) is 0 Å². The third-order valence-electron chi connectivity index (χ3n) is 5.64. The largest absolute Gasteiger partial charge is 0.375 e. The second-order valence-corrected chi connectivity index (χ2v) is 8.29. The van der Waals surface area contributed by atoms with E-state index in [0.29, 0.717) is 6.04 Å². The fraction of sp³-hybridized carbons (Fsp3) is 0.526. The van der Waals surface area contributed by atoms with Crippen molar-refractivity contribution in [2.45, 2.75) is 19.1 Å². The summed E-state index contributed by atoms with van der Waals surface area (Å²) in [5.41, 5.74) is 2.37. The van der Waals surface area contributed by atoms with Gasteiger partial charge in [0.2, 0.25) is 0 Å². The average molecular weight is 374 g/mol. The van der Waals surface area contributed by atoms with Gasteiger partial charge in [0, 0.05) is 57.4 Å². The van der Waals surface area contributed by atoms with Crippen molar-refractivity contribution in [3.8, 4) is 0 Å². The predicted octanol–water partition coefficient (Wildman–Crippen LogP) is 2.37. The Balaban J connectivity index is 1.14. The molecule has 5 rings (SSSR count). The first-order valence-corrected chi connectivity index (χ1v) is 10.1. The van der Waals surface area contributed by atoms with Crippen LogP contribution in [0.4, 0.5) is 15.2 Å². The summed E-state index contributed by atoms with van der Waals surface area (Å²) >= 11 is 1.80. The maximum atomic E-state index is 13.1. The number of nitrogens with zero attached hydrogens (tertiary/aromatic N) is 4. The molecule has 0 saturated carbocycles. The fourth-order valence-corrected chi connectivity index (χ4v) is 5.05. The zero-order valence-electron chi connectivity index (χ0n) is 14.7. The van der Waals surface area contributed by atoms with Gasteiger partial charge in [-0.25, -0.2) is 9.37 Å². The summed E-state index contributed by atoms with van der Waals surface area (Å²) in [6.07, 6.45) is 0.953. The van der Waals surface area contributed by atoms with Crippen LogP contribution in [-0.2, 0) is 17.8 Å². The zero-order chi connectivity index (χ0) is 17.5. The number of aromatic nitrogens is 1. The average Bonchev–Trinajstić information content (AvgIpc) is 3.05. The van der Waals surface area contributed by atoms with E-state index in [1.165, 1.54) is 15.7 Å². The standard InChI is InChI=1S/C19H23FN4OS/c20-14-1-3-15(4-2-14)22-6-8-23(9-7-22)16-11-24(12-16)19-21-17-5-10-25-13-18(17)26-19/h1-4,16H,5-13H2. The highest BCUT2D eigenvalue weighted by molar-refractivity contribution is 7.15. The van der Waals surface area contributed by atoms with Gasteiger partial charge < -0.3 is 14.5 Å². The van der Waals surface area contributed by atoms with E-state index in [2.05, 4.69) is 14.7 Å². The van der Waals surface area contributed by atoms with Crippen molar-refractivity contribution in [3.05, 3.63) is 40.7 Å². The number of hydrogen-bond acceptors (Lipinski definition) is 6. The van der Waals surface area contributed by atoms with Gasteiger partial charge in [0.25, 0.3) is 0 Å². The van der Waals surface area contributed by atoms with E-state index in [4.69, 9.17) is 9.72 Å². The molecule has 0 unspecified atom stereocenters. The lowest BCUT2D eigenvalue weighted by Gasteiger charge is -2.48. The third kappa shape index (κ3) is 3.08. The Bertz CT molecular complexity index is 743. The van der Waals surface area contributed by atoms with Crippen molar-refractivity contribution in [1.82, 2.24) is 9.88 Å². The minimum atomic E-state index is -0.169. The second kappa shape index (κ2) is 6.79. The second-order valence-electron chi connectivity index (χ2n) is 7.23. The molecule has 1 aromatic heterocycles. The van der Waals surface area contributed by atoms with Crippen molar-refractivity contribution < 1.29 is 9.13 Å². The van der Waals surface area contributed by atoms with Gasteiger partial charge in [0.05, 0.1) is 23.8 Å². The van der Waals surface area contributed by atoms with E-state index in [9.17, 15) is 4.39 Å². The minimum Gasteiger partial charge on any atom is -0.375 e. The van der Waals surface area contributed by atoms with E-state index in [1.807, 2.05) is 12.1 Å². The van der Waals surface area contributed by atoms with E-state index in [1.54, 1.807) is 23.5 Å². The number of thiazole rings is 1. The molecule has 0 radical (unpaired) electrons. The monoisotopic (exact) mass is 374 g/mol. The van der Waals surface area contributed by atoms with Gasteiger partial charge in [-0.15, -0.1) is 0 Å². The van der Waals surface area contributed by atoms with E-state index < -0.39 is 0 Å². The Morgan fingerprint density at radius 1 is 1.04 bits per heavy atom. The van der Waals surface area contributed by atoms with Gasteiger partial charge in [-0.3, -0.25) is 4.90 Å². The number of ether oxygens (including phenoxy) is 1. The number of anilines is 2. The molecular weight excluding hydrogens is 351 g/mol. The van der Waals surface area contributed by atoms with Gasteiger partial charge >= 0.3 is 0 Å². The normalized spacial score (nSPS) is 21.6. The summed E-state index contributed by atoms with van der Waals surface area (Å²) < 4.78 is 18.6. The van der Waals surface area contributed by atoms with Gasteiger partial charge in [-0.05, 0) is 24.3 Å². The van der Waals surface area contributed by atoms with E-state index in [0.717, 1.165) is 64.6 Å². The summed E-state index contributed by atoms with van der Waals surface area (Å²) in [6.45, 7) is 7.83. The summed E-state index contributed by atoms with van der Waals surface area (Å²) in [7, 11) is 0. The fourth-order valence-electron chi connectivity index (χ4n) is 3.99. The molecule has 26 heavy (non-hydrogen) atoms. The Morgan fingerprint density at radius 3 is 2.54 bits per heavy atom. The molecule has 5 nitrogen and oxygen atoms in total. The predicted molar refractivity (Wildman–Crippen MR) is 102 cm³/mol. The number of piperazine rings is 1. The van der Waals surface area contributed by atoms with Crippen molar-refractivity contribution >= 4 is 22.2 Å². The highest BCUT2D eigenvalue weighted by Crippen LogP contribution is 2.33. The first-order chi connectivity index (χ1) is 12.8. The van der Waals surface area contributed by atoms with Crippen LogP contribution in [0.1, 0.15) is 10.6 Å². The number of hydrogen-bond donors (Lipinski definition) is 0. The van der Waals surface area contributed by atoms with Gasteiger partial charge in [0.15, 0.2) is 5.13 Å². The Labute approximate surface area is 157 Å². The SMILES string of the molecule is Fc1ccc(N2CCN(C3CN(c4nc5c(s4)COCC5)C3)CC2)cc1. The molecule has 0 N–H and O–H groups in total. The van der Waals surface area contributed by atoms with Crippen LogP contribution < -0.4 is 9.80 Å². The highest BCUT2D eigenvalue weighted by atomic mass is 32.1. The summed E-state index contributed by atoms with van der Waals surface area (Å²) in [4.78, 5) is 13.5. The molecular formula is C19H23FN4OS. The molecule has 0 aliphatic carbocycles. The van der Waals surface area contributed by atoms with Crippen LogP contribution in [0.25, 0.3) is 0 Å². The Kier molecular flexibility index (Phi) is 4.30. The summed E-state index contributed by atoms with van der Waals surface area (Å²) in [6, 6.07) is 7.48. The molecule has 4 heterocycles. The van der Waals surface area contributed by atoms with Crippen LogP contribution in [0.15, 0.2) is 24.3 Å². The van der Waals surface area contributed by atoms with Crippen molar-refractivity contribution in [2.24, 2.45) is 0 Å². The van der Waals surface area contributed by atoms with Crippen LogP contribution in [0, 0.1) is 5.82 Å². The molecule has 0 bridgehead atoms. The molecule has 0 amide bonds. The highest BCUT2D eigenvalue weighted by Gasteiger charge is 2.35. The topological polar surface area (TPSA) is 31.8 Å². The number of benzene rings is 1. The van der Waals surface area contributed by atoms with Crippen LogP contribution in [-0.4, -0.2) is 61.8 Å². The lowest BCUT2D eigenvalue weighted by molar-refractivity contribution is 0.112. The smallest absolute Gasteiger partial charge is 0.185 e. The third-order valence-corrected chi connectivity index (χ3v) is 6.77. The Hall–Kier alpha value is -1.70. The minimum absolute atomic E-state index is 0.169. The first-order valence-electron chi connectivity index (χ1n) is 9.32. The number of fused-ring (bicyclic) bond motifs is 1. The van der Waals surface area contributed by atoms with Gasteiger partial charge in [0.1, 0.15) is 5.82 Å². The van der Waals surface area contributed by atoms with Crippen LogP contribution in [0.3, 0.4) is 0 Å². The molecule has 0 atom stereocenters. The van der Waals surface area contributed by atoms with Crippen LogP contribution >= 0.6 is 11.3 Å². The quantitative estimate of drug-likeness (QED) is 0.824. The number of rotatable bonds is 3. The molecule has 0 spiro atoms. The van der Waals surface area contributed by atoms with Crippen molar-refractivity contribution in [1.29, 1.82) is 0 Å². The van der Waals surface area contributed by atoms with E-state index >= 15 is 0 Å². The van der Waals surface area contributed by atoms with E-state index in [-0.39, 0.29) is 5.82 Å². The molecule has 2 aromatic rings.